The number of hydrogen-bond acceptors (Lipinski definition) is 3. The predicted octanol–water partition coefficient (Wildman–Crippen LogP) is 3.06. The number of piperidine rings is 1. The van der Waals surface area contributed by atoms with Gasteiger partial charge in [-0.2, -0.15) is 13.2 Å². The molecule has 128 valence electrons. The van der Waals surface area contributed by atoms with Gasteiger partial charge in [0.05, 0.1) is 17.6 Å². The van der Waals surface area contributed by atoms with Gasteiger partial charge in [0.2, 0.25) is 0 Å². The molecule has 0 amide bonds. The van der Waals surface area contributed by atoms with Crippen molar-refractivity contribution in [1.82, 2.24) is 14.9 Å². The summed E-state index contributed by atoms with van der Waals surface area (Å²) in [5, 5.41) is 3.30. The van der Waals surface area contributed by atoms with E-state index in [1.807, 2.05) is 6.92 Å². The maximum absolute atomic E-state index is 12.6. The third-order valence-corrected chi connectivity index (χ3v) is 4.33. The molecular formula is C17H18F3N3O. The zero-order valence-electron chi connectivity index (χ0n) is 13.2. The maximum Gasteiger partial charge on any atom is 0.416 e. The summed E-state index contributed by atoms with van der Waals surface area (Å²) >= 11 is 0. The van der Waals surface area contributed by atoms with Gasteiger partial charge < -0.3 is 9.88 Å². The smallest absolute Gasteiger partial charge is 0.313 e. The average Bonchev–Trinajstić information content (AvgIpc) is 2.88. The number of nitrogens with zero attached hydrogens (tertiary/aromatic N) is 2. The fourth-order valence-corrected chi connectivity index (χ4v) is 2.96. The van der Waals surface area contributed by atoms with Crippen LogP contribution in [0.25, 0.3) is 5.69 Å². The Bertz CT molecular complexity index is 735. The number of carbonyl (C=O) groups excluding carboxylic acids is 1. The Balaban J connectivity index is 1.78. The second kappa shape index (κ2) is 6.39. The van der Waals surface area contributed by atoms with E-state index in [9.17, 15) is 18.0 Å². The SMILES string of the molecule is Cc1c(CC2CC(=O)CCN2)ncn1-c1ccc(C(F)(F)F)cc1. The van der Waals surface area contributed by atoms with Crippen LogP contribution < -0.4 is 5.32 Å². The highest BCUT2D eigenvalue weighted by Crippen LogP contribution is 2.30. The van der Waals surface area contributed by atoms with Crippen molar-refractivity contribution in [3.8, 4) is 5.69 Å². The Morgan fingerprint density at radius 3 is 2.62 bits per heavy atom. The maximum atomic E-state index is 12.6. The number of imidazole rings is 1. The summed E-state index contributed by atoms with van der Waals surface area (Å²) in [5.41, 5.74) is 1.68. The van der Waals surface area contributed by atoms with Crippen molar-refractivity contribution in [2.24, 2.45) is 0 Å². The second-order valence-electron chi connectivity index (χ2n) is 6.04. The molecule has 0 bridgehead atoms. The monoisotopic (exact) mass is 337 g/mol. The van der Waals surface area contributed by atoms with Crippen molar-refractivity contribution in [2.45, 2.75) is 38.4 Å². The molecule has 1 atom stereocenters. The Morgan fingerprint density at radius 1 is 1.29 bits per heavy atom. The van der Waals surface area contributed by atoms with Gasteiger partial charge in [-0.1, -0.05) is 0 Å². The molecule has 4 nitrogen and oxygen atoms in total. The molecule has 1 aromatic carbocycles. The van der Waals surface area contributed by atoms with Crippen LogP contribution in [0, 0.1) is 6.92 Å². The van der Waals surface area contributed by atoms with Gasteiger partial charge in [0.1, 0.15) is 5.78 Å². The minimum absolute atomic E-state index is 0.0703. The van der Waals surface area contributed by atoms with Crippen molar-refractivity contribution in [3.05, 3.63) is 47.5 Å². The predicted molar refractivity (Wildman–Crippen MR) is 83.0 cm³/mol. The molecule has 24 heavy (non-hydrogen) atoms. The van der Waals surface area contributed by atoms with Crippen LogP contribution in [-0.2, 0) is 17.4 Å². The number of Topliss-reactive ketones (excluding diaryl/α,β-unsaturated/α-hetero) is 1. The van der Waals surface area contributed by atoms with Crippen LogP contribution in [0.1, 0.15) is 29.8 Å². The Labute approximate surface area is 137 Å². The zero-order valence-corrected chi connectivity index (χ0v) is 13.2. The van der Waals surface area contributed by atoms with Gasteiger partial charge in [-0.05, 0) is 31.2 Å². The number of carbonyl (C=O) groups is 1. The van der Waals surface area contributed by atoms with Crippen LogP contribution in [0.15, 0.2) is 30.6 Å². The molecular weight excluding hydrogens is 319 g/mol. The van der Waals surface area contributed by atoms with E-state index < -0.39 is 11.7 Å². The van der Waals surface area contributed by atoms with Gasteiger partial charge in [0.25, 0.3) is 0 Å². The Hall–Kier alpha value is -2.15. The fraction of sp³-hybridized carbons (Fsp3) is 0.412. The van der Waals surface area contributed by atoms with Gasteiger partial charge in [0.15, 0.2) is 0 Å². The zero-order chi connectivity index (χ0) is 17.3. The molecule has 1 saturated heterocycles. The van der Waals surface area contributed by atoms with Gasteiger partial charge in [-0.15, -0.1) is 0 Å². The van der Waals surface area contributed by atoms with E-state index in [2.05, 4.69) is 10.3 Å². The minimum atomic E-state index is -4.34. The van der Waals surface area contributed by atoms with Crippen LogP contribution >= 0.6 is 0 Å². The first-order chi connectivity index (χ1) is 11.3. The first-order valence-corrected chi connectivity index (χ1v) is 7.80. The topological polar surface area (TPSA) is 46.9 Å². The van der Waals surface area contributed by atoms with Crippen molar-refractivity contribution >= 4 is 5.78 Å². The van der Waals surface area contributed by atoms with Gasteiger partial charge >= 0.3 is 6.18 Å². The second-order valence-corrected chi connectivity index (χ2v) is 6.04. The van der Waals surface area contributed by atoms with E-state index in [4.69, 9.17) is 0 Å². The average molecular weight is 337 g/mol. The number of benzene rings is 1. The Morgan fingerprint density at radius 2 is 2.00 bits per heavy atom. The largest absolute Gasteiger partial charge is 0.416 e. The standard InChI is InChI=1S/C17H18F3N3O/c1-11-16(9-13-8-15(24)6-7-21-13)22-10-23(11)14-4-2-12(3-5-14)17(18,19)20/h2-5,10,13,21H,6-9H2,1H3. The lowest BCUT2D eigenvalue weighted by Crippen LogP contribution is -2.39. The van der Waals surface area contributed by atoms with E-state index in [0.29, 0.717) is 31.5 Å². The highest BCUT2D eigenvalue weighted by molar-refractivity contribution is 5.80. The molecule has 0 aliphatic carbocycles. The van der Waals surface area contributed by atoms with Crippen LogP contribution in [-0.4, -0.2) is 27.9 Å². The van der Waals surface area contributed by atoms with Crippen molar-refractivity contribution < 1.29 is 18.0 Å². The number of nitrogens with one attached hydrogen (secondary N) is 1. The third-order valence-electron chi connectivity index (χ3n) is 4.33. The van der Waals surface area contributed by atoms with E-state index >= 15 is 0 Å². The number of aromatic nitrogens is 2. The van der Waals surface area contributed by atoms with Crippen LogP contribution in [0.4, 0.5) is 13.2 Å². The van der Waals surface area contributed by atoms with E-state index in [1.165, 1.54) is 12.1 Å². The minimum Gasteiger partial charge on any atom is -0.313 e. The van der Waals surface area contributed by atoms with Gasteiger partial charge in [0, 0.05) is 43.2 Å². The van der Waals surface area contributed by atoms with Gasteiger partial charge in [-0.25, -0.2) is 4.98 Å². The molecule has 0 radical (unpaired) electrons. The molecule has 3 rings (SSSR count). The number of hydrogen-bond donors (Lipinski definition) is 1. The molecule has 0 spiro atoms. The fourth-order valence-electron chi connectivity index (χ4n) is 2.96. The summed E-state index contributed by atoms with van der Waals surface area (Å²) < 4.78 is 39.7. The summed E-state index contributed by atoms with van der Waals surface area (Å²) in [4.78, 5) is 15.9. The normalized spacial score (nSPS) is 18.8. The summed E-state index contributed by atoms with van der Waals surface area (Å²) in [6.07, 6.45) is -1.04. The lowest BCUT2D eigenvalue weighted by Gasteiger charge is -2.22. The third kappa shape index (κ3) is 3.51. The molecule has 1 fully saturated rings. The first-order valence-electron chi connectivity index (χ1n) is 7.80. The van der Waals surface area contributed by atoms with Crippen LogP contribution in [0.5, 0.6) is 0 Å². The van der Waals surface area contributed by atoms with E-state index in [0.717, 1.165) is 23.5 Å². The molecule has 1 aliphatic heterocycles. The van der Waals surface area contributed by atoms with Crippen LogP contribution in [0.2, 0.25) is 0 Å². The molecule has 1 aliphatic rings. The number of halogens is 3. The summed E-state index contributed by atoms with van der Waals surface area (Å²) in [7, 11) is 0. The molecule has 1 N–H and O–H groups in total. The van der Waals surface area contributed by atoms with Crippen molar-refractivity contribution in [1.29, 1.82) is 0 Å². The Kier molecular flexibility index (Phi) is 4.45. The lowest BCUT2D eigenvalue weighted by molar-refractivity contribution is -0.137. The molecule has 7 heteroatoms. The summed E-state index contributed by atoms with van der Waals surface area (Å²) in [5.74, 6) is 0.249. The lowest BCUT2D eigenvalue weighted by atomic mass is 9.99. The number of rotatable bonds is 3. The highest BCUT2D eigenvalue weighted by Gasteiger charge is 2.30. The quantitative estimate of drug-likeness (QED) is 0.936. The van der Waals surface area contributed by atoms with Gasteiger partial charge in [-0.3, -0.25) is 4.79 Å². The molecule has 2 aromatic rings. The first kappa shape index (κ1) is 16.7. The van der Waals surface area contributed by atoms with Crippen molar-refractivity contribution in [3.63, 3.8) is 0 Å². The number of ketones is 1. The summed E-state index contributed by atoms with van der Waals surface area (Å²) in [6.45, 7) is 2.56. The molecule has 1 aromatic heterocycles. The summed E-state index contributed by atoms with van der Waals surface area (Å²) in [6, 6.07) is 5.07. The number of alkyl halides is 3. The molecule has 2 heterocycles. The molecule has 0 saturated carbocycles. The van der Waals surface area contributed by atoms with Crippen molar-refractivity contribution in [2.75, 3.05) is 6.54 Å². The van der Waals surface area contributed by atoms with Crippen LogP contribution in [0.3, 0.4) is 0 Å². The van der Waals surface area contributed by atoms with E-state index in [-0.39, 0.29) is 11.8 Å². The molecule has 1 unspecified atom stereocenters. The van der Waals surface area contributed by atoms with E-state index in [1.54, 1.807) is 10.9 Å². The highest BCUT2D eigenvalue weighted by atomic mass is 19.4.